The first-order valence-corrected chi connectivity index (χ1v) is 8.46. The van der Waals surface area contributed by atoms with Crippen LogP contribution in [0.3, 0.4) is 0 Å². The lowest BCUT2D eigenvalue weighted by Gasteiger charge is -2.21. The van der Waals surface area contributed by atoms with Crippen molar-refractivity contribution >= 4 is 11.9 Å². The molecule has 0 saturated heterocycles. The molecule has 0 aliphatic carbocycles. The lowest BCUT2D eigenvalue weighted by molar-refractivity contribution is -0.306. The molecule has 1 unspecified atom stereocenters. The Morgan fingerprint density at radius 1 is 1.04 bits per heavy atom. The molecule has 0 aromatic heterocycles. The fourth-order valence-corrected chi connectivity index (χ4v) is 2.62. The Hall–Kier alpha value is -2.82. The molecule has 5 nitrogen and oxygen atoms in total. The molecule has 2 aromatic carbocycles. The summed E-state index contributed by atoms with van der Waals surface area (Å²) in [5.74, 6) is -0.897. The molecule has 0 fully saturated rings. The second kappa shape index (κ2) is 8.04. The summed E-state index contributed by atoms with van der Waals surface area (Å²) in [5, 5.41) is 13.9. The summed E-state index contributed by atoms with van der Waals surface area (Å²) < 4.78 is 5.10. The molecule has 0 aliphatic heterocycles. The number of carbonyl (C=O) groups excluding carboxylic acids is 2. The van der Waals surface area contributed by atoms with Crippen molar-refractivity contribution in [3.63, 3.8) is 0 Å². The van der Waals surface area contributed by atoms with Crippen LogP contribution in [0.25, 0.3) is 0 Å². The Balaban J connectivity index is 2.18. The summed E-state index contributed by atoms with van der Waals surface area (Å²) in [5.41, 5.74) is 2.27. The van der Waals surface area contributed by atoms with Gasteiger partial charge in [-0.1, -0.05) is 45.0 Å². The van der Waals surface area contributed by atoms with Gasteiger partial charge in [-0.25, -0.2) is 0 Å². The number of nitrogens with one attached hydrogen (secondary N) is 1. The first-order chi connectivity index (χ1) is 12.2. The smallest absolute Gasteiger partial charge is 0.251 e. The zero-order chi connectivity index (χ0) is 19.3. The third-order valence-corrected chi connectivity index (χ3v) is 4.21. The van der Waals surface area contributed by atoms with E-state index in [0.717, 1.165) is 5.56 Å². The highest BCUT2D eigenvalue weighted by Gasteiger charge is 2.18. The number of hydrogen-bond donors (Lipinski definition) is 1. The topological polar surface area (TPSA) is 78.5 Å². The van der Waals surface area contributed by atoms with Crippen LogP contribution in [0.4, 0.5) is 0 Å². The summed E-state index contributed by atoms with van der Waals surface area (Å²) >= 11 is 0. The van der Waals surface area contributed by atoms with Gasteiger partial charge in [0.1, 0.15) is 5.75 Å². The van der Waals surface area contributed by atoms with E-state index in [1.807, 2.05) is 12.1 Å². The highest BCUT2D eigenvalue weighted by molar-refractivity contribution is 5.94. The summed E-state index contributed by atoms with van der Waals surface area (Å²) in [4.78, 5) is 23.6. The maximum absolute atomic E-state index is 12.5. The molecular weight excluding hydrogens is 330 g/mol. The largest absolute Gasteiger partial charge is 0.550 e. The molecule has 0 aliphatic rings. The first kappa shape index (κ1) is 19.5. The molecule has 0 spiro atoms. The number of benzene rings is 2. The van der Waals surface area contributed by atoms with Crippen LogP contribution in [0.2, 0.25) is 0 Å². The number of amides is 1. The highest BCUT2D eigenvalue weighted by atomic mass is 16.5. The second-order valence-corrected chi connectivity index (χ2v) is 7.20. The predicted octanol–water partition coefficient (Wildman–Crippen LogP) is 2.60. The van der Waals surface area contributed by atoms with Crippen molar-refractivity contribution in [3.05, 3.63) is 65.2 Å². The van der Waals surface area contributed by atoms with E-state index >= 15 is 0 Å². The predicted molar refractivity (Wildman–Crippen MR) is 98.0 cm³/mol. The number of carboxylic acids is 1. The average molecular weight is 354 g/mol. The molecule has 0 radical (unpaired) electrons. The van der Waals surface area contributed by atoms with Gasteiger partial charge in [0.25, 0.3) is 5.91 Å². The summed E-state index contributed by atoms with van der Waals surface area (Å²) in [6.07, 6.45) is -0.307. The second-order valence-electron chi connectivity index (χ2n) is 7.20. The van der Waals surface area contributed by atoms with E-state index < -0.39 is 12.0 Å². The molecule has 0 heterocycles. The Morgan fingerprint density at radius 2 is 1.62 bits per heavy atom. The number of carboxylic acid groups (broad SMARTS) is 1. The average Bonchev–Trinajstić information content (AvgIpc) is 2.60. The van der Waals surface area contributed by atoms with Crippen LogP contribution in [-0.2, 0) is 10.2 Å². The van der Waals surface area contributed by atoms with Gasteiger partial charge in [-0.15, -0.1) is 0 Å². The fraction of sp³-hybridized carbons (Fsp3) is 0.333. The van der Waals surface area contributed by atoms with E-state index in [1.54, 1.807) is 43.5 Å². The van der Waals surface area contributed by atoms with Crippen LogP contribution in [0.5, 0.6) is 5.75 Å². The van der Waals surface area contributed by atoms with E-state index in [9.17, 15) is 14.7 Å². The van der Waals surface area contributed by atoms with Gasteiger partial charge in [0.2, 0.25) is 0 Å². The minimum Gasteiger partial charge on any atom is -0.550 e. The Labute approximate surface area is 154 Å². The van der Waals surface area contributed by atoms with E-state index in [2.05, 4.69) is 26.1 Å². The van der Waals surface area contributed by atoms with Crippen LogP contribution >= 0.6 is 0 Å². The van der Waals surface area contributed by atoms with Gasteiger partial charge in [-0.05, 0) is 40.8 Å². The number of carbonyl (C=O) groups is 2. The standard InChI is InChI=1S/C21H25NO4/c1-21(2,3)16-9-5-15(6-10-16)20(25)22-18(13-19(23)24)14-7-11-17(26-4)12-8-14/h5-12,18H,13H2,1-4H3,(H,22,25)(H,23,24)/p-1. The summed E-state index contributed by atoms with van der Waals surface area (Å²) in [7, 11) is 1.55. The lowest BCUT2D eigenvalue weighted by Crippen LogP contribution is -2.34. The first-order valence-electron chi connectivity index (χ1n) is 8.46. The van der Waals surface area contributed by atoms with E-state index in [-0.39, 0.29) is 17.7 Å². The van der Waals surface area contributed by atoms with Crippen molar-refractivity contribution in [3.8, 4) is 5.75 Å². The van der Waals surface area contributed by atoms with Gasteiger partial charge in [0, 0.05) is 18.0 Å². The maximum Gasteiger partial charge on any atom is 0.251 e. The van der Waals surface area contributed by atoms with E-state index in [0.29, 0.717) is 16.9 Å². The van der Waals surface area contributed by atoms with E-state index in [4.69, 9.17) is 4.74 Å². The minimum atomic E-state index is -1.23. The monoisotopic (exact) mass is 354 g/mol. The quantitative estimate of drug-likeness (QED) is 0.865. The van der Waals surface area contributed by atoms with Crippen LogP contribution in [0, 0.1) is 0 Å². The lowest BCUT2D eigenvalue weighted by atomic mass is 9.86. The normalized spacial score (nSPS) is 12.3. The maximum atomic E-state index is 12.5. The number of ether oxygens (including phenoxy) is 1. The summed E-state index contributed by atoms with van der Waals surface area (Å²) in [6, 6.07) is 13.6. The molecule has 5 heteroatoms. The molecule has 1 N–H and O–H groups in total. The van der Waals surface area contributed by atoms with Gasteiger partial charge in [0.05, 0.1) is 13.2 Å². The number of rotatable bonds is 6. The van der Waals surface area contributed by atoms with E-state index in [1.165, 1.54) is 0 Å². The van der Waals surface area contributed by atoms with Gasteiger partial charge in [0.15, 0.2) is 0 Å². The zero-order valence-electron chi connectivity index (χ0n) is 15.5. The van der Waals surface area contributed by atoms with Crippen molar-refractivity contribution in [2.75, 3.05) is 7.11 Å². The van der Waals surface area contributed by atoms with Crippen LogP contribution < -0.4 is 15.2 Å². The van der Waals surface area contributed by atoms with Gasteiger partial charge >= 0.3 is 0 Å². The highest BCUT2D eigenvalue weighted by Crippen LogP contribution is 2.23. The Kier molecular flexibility index (Phi) is 6.03. The fourth-order valence-electron chi connectivity index (χ4n) is 2.62. The van der Waals surface area contributed by atoms with Crippen LogP contribution in [0.15, 0.2) is 48.5 Å². The molecule has 1 atom stereocenters. The molecular formula is C21H24NO4-. The minimum absolute atomic E-state index is 0.00435. The molecule has 0 bridgehead atoms. The van der Waals surface area contributed by atoms with Crippen molar-refractivity contribution in [1.82, 2.24) is 5.32 Å². The zero-order valence-corrected chi connectivity index (χ0v) is 15.5. The van der Waals surface area contributed by atoms with Crippen LogP contribution in [0.1, 0.15) is 54.7 Å². The molecule has 26 heavy (non-hydrogen) atoms. The number of aliphatic carboxylic acids is 1. The summed E-state index contributed by atoms with van der Waals surface area (Å²) in [6.45, 7) is 6.30. The molecule has 2 rings (SSSR count). The van der Waals surface area contributed by atoms with Crippen molar-refractivity contribution in [2.45, 2.75) is 38.6 Å². The number of hydrogen-bond acceptors (Lipinski definition) is 4. The van der Waals surface area contributed by atoms with Crippen molar-refractivity contribution in [2.24, 2.45) is 0 Å². The van der Waals surface area contributed by atoms with Gasteiger partial charge in [-0.3, -0.25) is 4.79 Å². The van der Waals surface area contributed by atoms with Gasteiger partial charge < -0.3 is 20.0 Å². The molecule has 138 valence electrons. The molecule has 0 saturated carbocycles. The SMILES string of the molecule is COc1ccc(C(CC(=O)[O-])NC(=O)c2ccc(C(C)(C)C)cc2)cc1. The third-order valence-electron chi connectivity index (χ3n) is 4.21. The molecule has 1 amide bonds. The molecule has 2 aromatic rings. The Morgan fingerprint density at radius 3 is 2.08 bits per heavy atom. The van der Waals surface area contributed by atoms with Gasteiger partial charge in [-0.2, -0.15) is 0 Å². The van der Waals surface area contributed by atoms with Crippen molar-refractivity contribution < 1.29 is 19.4 Å². The Bertz CT molecular complexity index is 758. The van der Waals surface area contributed by atoms with Crippen molar-refractivity contribution in [1.29, 1.82) is 0 Å². The third kappa shape index (κ3) is 5.09. The number of methoxy groups -OCH3 is 1. The van der Waals surface area contributed by atoms with Crippen LogP contribution in [-0.4, -0.2) is 19.0 Å².